The van der Waals surface area contributed by atoms with Gasteiger partial charge in [-0.2, -0.15) is 0 Å². The van der Waals surface area contributed by atoms with Gasteiger partial charge in [-0.05, 0) is 25.5 Å². The molecule has 1 aliphatic rings. The van der Waals surface area contributed by atoms with Crippen LogP contribution in [0.1, 0.15) is 18.4 Å². The van der Waals surface area contributed by atoms with Gasteiger partial charge < -0.3 is 5.11 Å². The minimum absolute atomic E-state index is 0.251. The smallest absolute Gasteiger partial charge is 0.280 e. The highest BCUT2D eigenvalue weighted by atomic mass is 16.6. The zero-order valence-corrected chi connectivity index (χ0v) is 10.8. The van der Waals surface area contributed by atoms with Crippen LogP contribution in [0.5, 0.6) is 0 Å². The van der Waals surface area contributed by atoms with Crippen LogP contribution in [0.25, 0.3) is 0 Å². The summed E-state index contributed by atoms with van der Waals surface area (Å²) in [6, 6.07) is 3.66. The molecular formula is C12H15N3O5. The molecule has 1 aliphatic heterocycles. The normalized spacial score (nSPS) is 19.8. The highest BCUT2D eigenvalue weighted by Gasteiger charge is 2.23. The van der Waals surface area contributed by atoms with Crippen LogP contribution in [0.15, 0.2) is 18.2 Å². The molecule has 1 aromatic carbocycles. The van der Waals surface area contributed by atoms with Gasteiger partial charge in [0.05, 0.1) is 22.0 Å². The highest BCUT2D eigenvalue weighted by Crippen LogP contribution is 2.26. The Kier molecular flexibility index (Phi) is 4.26. The standard InChI is InChI=1S/C12H15N3O5/c16-11-2-1-5-13(8-11)7-9-3-4-10(14(17)18)6-12(9)15(19)20/h3-4,6,11,16H,1-2,5,7-8H2/t11-/m0/s1. The molecule has 1 heterocycles. The third-order valence-corrected chi connectivity index (χ3v) is 3.35. The predicted octanol–water partition coefficient (Wildman–Crippen LogP) is 1.46. The molecule has 0 amide bonds. The summed E-state index contributed by atoms with van der Waals surface area (Å²) in [7, 11) is 0. The minimum Gasteiger partial charge on any atom is -0.392 e. The Bertz CT molecular complexity index is 534. The van der Waals surface area contributed by atoms with E-state index in [0.717, 1.165) is 25.5 Å². The second kappa shape index (κ2) is 5.93. The molecule has 1 atom stereocenters. The number of nitrogens with zero attached hydrogens (tertiary/aromatic N) is 3. The van der Waals surface area contributed by atoms with E-state index < -0.39 is 16.0 Å². The molecule has 0 aliphatic carbocycles. The van der Waals surface area contributed by atoms with Crippen LogP contribution in [-0.4, -0.2) is 39.0 Å². The van der Waals surface area contributed by atoms with Crippen LogP contribution in [0.3, 0.4) is 0 Å². The quantitative estimate of drug-likeness (QED) is 0.660. The van der Waals surface area contributed by atoms with Crippen molar-refractivity contribution in [3.05, 3.63) is 44.0 Å². The van der Waals surface area contributed by atoms with Gasteiger partial charge in [-0.1, -0.05) is 0 Å². The van der Waals surface area contributed by atoms with Gasteiger partial charge in [0.25, 0.3) is 11.4 Å². The maximum absolute atomic E-state index is 11.0. The average Bonchev–Trinajstić information content (AvgIpc) is 2.38. The van der Waals surface area contributed by atoms with E-state index in [4.69, 9.17) is 0 Å². The number of benzene rings is 1. The number of aliphatic hydroxyl groups is 1. The Labute approximate surface area is 114 Å². The maximum Gasteiger partial charge on any atom is 0.280 e. The minimum atomic E-state index is -0.651. The molecule has 1 fully saturated rings. The van der Waals surface area contributed by atoms with E-state index in [9.17, 15) is 25.3 Å². The maximum atomic E-state index is 11.0. The lowest BCUT2D eigenvalue weighted by atomic mass is 10.1. The van der Waals surface area contributed by atoms with Crippen molar-refractivity contribution in [3.8, 4) is 0 Å². The van der Waals surface area contributed by atoms with Crippen LogP contribution in [0.2, 0.25) is 0 Å². The molecule has 8 nitrogen and oxygen atoms in total. The number of nitro benzene ring substituents is 2. The molecule has 0 bridgehead atoms. The van der Waals surface area contributed by atoms with E-state index in [1.54, 1.807) is 0 Å². The first-order chi connectivity index (χ1) is 9.47. The molecule has 1 saturated heterocycles. The Balaban J connectivity index is 2.22. The lowest BCUT2D eigenvalue weighted by Crippen LogP contribution is -2.37. The summed E-state index contributed by atoms with van der Waals surface area (Å²) in [6.07, 6.45) is 1.15. The molecule has 1 aromatic rings. The van der Waals surface area contributed by atoms with Crippen molar-refractivity contribution in [2.24, 2.45) is 0 Å². The lowest BCUT2D eigenvalue weighted by molar-refractivity contribution is -0.394. The molecule has 108 valence electrons. The summed E-state index contributed by atoms with van der Waals surface area (Å²) >= 11 is 0. The van der Waals surface area contributed by atoms with Crippen molar-refractivity contribution >= 4 is 11.4 Å². The second-order valence-electron chi connectivity index (χ2n) is 4.86. The number of piperidine rings is 1. The van der Waals surface area contributed by atoms with Gasteiger partial charge in [0.1, 0.15) is 0 Å². The Morgan fingerprint density at radius 1 is 1.30 bits per heavy atom. The van der Waals surface area contributed by atoms with E-state index in [-0.39, 0.29) is 11.4 Å². The van der Waals surface area contributed by atoms with Gasteiger partial charge in [-0.25, -0.2) is 0 Å². The molecular weight excluding hydrogens is 266 g/mol. The molecule has 0 spiro atoms. The summed E-state index contributed by atoms with van der Waals surface area (Å²) < 4.78 is 0. The van der Waals surface area contributed by atoms with Crippen molar-refractivity contribution in [2.75, 3.05) is 13.1 Å². The zero-order valence-electron chi connectivity index (χ0n) is 10.8. The summed E-state index contributed by atoms with van der Waals surface area (Å²) in [5.74, 6) is 0. The fourth-order valence-corrected chi connectivity index (χ4v) is 2.39. The number of aliphatic hydroxyl groups excluding tert-OH is 1. The molecule has 8 heteroatoms. The van der Waals surface area contributed by atoms with Gasteiger partial charge in [-0.15, -0.1) is 0 Å². The van der Waals surface area contributed by atoms with Crippen molar-refractivity contribution in [1.29, 1.82) is 0 Å². The van der Waals surface area contributed by atoms with E-state index in [1.165, 1.54) is 12.1 Å². The SMILES string of the molecule is O=[N+]([O-])c1ccc(CN2CCC[C@H](O)C2)c([N+](=O)[O-])c1. The topological polar surface area (TPSA) is 110 Å². The van der Waals surface area contributed by atoms with Crippen LogP contribution in [-0.2, 0) is 6.54 Å². The Morgan fingerprint density at radius 2 is 2.05 bits per heavy atom. The molecule has 0 aromatic heterocycles. The predicted molar refractivity (Wildman–Crippen MR) is 70.3 cm³/mol. The third kappa shape index (κ3) is 3.28. The molecule has 2 rings (SSSR count). The van der Waals surface area contributed by atoms with Crippen molar-refractivity contribution in [1.82, 2.24) is 4.90 Å². The highest BCUT2D eigenvalue weighted by molar-refractivity contribution is 5.49. The second-order valence-corrected chi connectivity index (χ2v) is 4.86. The molecule has 20 heavy (non-hydrogen) atoms. The van der Waals surface area contributed by atoms with Gasteiger partial charge >= 0.3 is 0 Å². The molecule has 1 N–H and O–H groups in total. The van der Waals surface area contributed by atoms with Gasteiger partial charge in [0, 0.05) is 24.7 Å². The first-order valence-electron chi connectivity index (χ1n) is 6.29. The van der Waals surface area contributed by atoms with Crippen molar-refractivity contribution in [2.45, 2.75) is 25.5 Å². The van der Waals surface area contributed by atoms with E-state index in [2.05, 4.69) is 0 Å². The van der Waals surface area contributed by atoms with E-state index in [0.29, 0.717) is 18.7 Å². The van der Waals surface area contributed by atoms with Crippen molar-refractivity contribution < 1.29 is 15.0 Å². The molecule has 0 radical (unpaired) electrons. The Morgan fingerprint density at radius 3 is 2.65 bits per heavy atom. The number of nitro groups is 2. The summed E-state index contributed by atoms with van der Waals surface area (Å²) in [6.45, 7) is 1.53. The zero-order chi connectivity index (χ0) is 14.7. The Hall–Kier alpha value is -2.06. The van der Waals surface area contributed by atoms with E-state index in [1.807, 2.05) is 4.90 Å². The van der Waals surface area contributed by atoms with Gasteiger partial charge in [-0.3, -0.25) is 25.1 Å². The van der Waals surface area contributed by atoms with E-state index >= 15 is 0 Å². The van der Waals surface area contributed by atoms with Crippen LogP contribution in [0, 0.1) is 20.2 Å². The monoisotopic (exact) mass is 281 g/mol. The van der Waals surface area contributed by atoms with Gasteiger partial charge in [0.15, 0.2) is 0 Å². The number of hydrogen-bond donors (Lipinski definition) is 1. The van der Waals surface area contributed by atoms with Crippen LogP contribution in [0.4, 0.5) is 11.4 Å². The van der Waals surface area contributed by atoms with Crippen LogP contribution < -0.4 is 0 Å². The summed E-state index contributed by atoms with van der Waals surface area (Å²) in [4.78, 5) is 22.3. The molecule has 0 unspecified atom stereocenters. The molecule has 0 saturated carbocycles. The first-order valence-corrected chi connectivity index (χ1v) is 6.29. The van der Waals surface area contributed by atoms with Crippen molar-refractivity contribution in [3.63, 3.8) is 0 Å². The number of rotatable bonds is 4. The number of non-ortho nitro benzene ring substituents is 1. The van der Waals surface area contributed by atoms with Gasteiger partial charge in [0.2, 0.25) is 0 Å². The fraction of sp³-hybridized carbons (Fsp3) is 0.500. The van der Waals surface area contributed by atoms with Crippen LogP contribution >= 0.6 is 0 Å². The number of hydrogen-bond acceptors (Lipinski definition) is 6. The number of β-amino-alcohol motifs (C(OH)–C–C–N with tert-alkyl or cyclic N) is 1. The summed E-state index contributed by atoms with van der Waals surface area (Å²) in [5, 5.41) is 31.3. The fourth-order valence-electron chi connectivity index (χ4n) is 2.39. The largest absolute Gasteiger partial charge is 0.392 e. The number of likely N-dealkylation sites (tertiary alicyclic amines) is 1. The lowest BCUT2D eigenvalue weighted by Gasteiger charge is -2.29. The first kappa shape index (κ1) is 14.4. The third-order valence-electron chi connectivity index (χ3n) is 3.35. The average molecular weight is 281 g/mol. The summed E-state index contributed by atoms with van der Waals surface area (Å²) in [5.41, 5.74) is -0.118.